The van der Waals surface area contributed by atoms with Crippen LogP contribution in [0.5, 0.6) is 0 Å². The fraction of sp³-hybridized carbons (Fsp3) is 0.462. The van der Waals surface area contributed by atoms with Gasteiger partial charge in [-0.2, -0.15) is 0 Å². The van der Waals surface area contributed by atoms with Crippen LogP contribution in [-0.2, 0) is 14.3 Å². The van der Waals surface area contributed by atoms with Crippen molar-refractivity contribution in [1.29, 1.82) is 0 Å². The van der Waals surface area contributed by atoms with E-state index in [9.17, 15) is 9.59 Å². The van der Waals surface area contributed by atoms with Gasteiger partial charge in [-0.25, -0.2) is 0 Å². The number of rotatable bonds is 3. The molecule has 2 aliphatic carbocycles. The summed E-state index contributed by atoms with van der Waals surface area (Å²) < 4.78 is 5.67. The molecule has 1 heterocycles. The van der Waals surface area contributed by atoms with Crippen LogP contribution in [0.25, 0.3) is 0 Å². The maximum atomic E-state index is 14.4. The standard InChI is InChI=1S/C26H30N2O3/c1-16-23-22(26(30)31-16)15-17-14-18(27)12-13-21(17)24(23)25(29)28(19-8-4-2-5-9-19)20-10-6-3-7-11-20/h2-11,16-18,21-24H,12-15,27H2,1H3/t16-,17?,18+,21-,22-,23-,24+/m1/s1. The van der Waals surface area contributed by atoms with Gasteiger partial charge in [0, 0.05) is 29.3 Å². The molecular weight excluding hydrogens is 388 g/mol. The van der Waals surface area contributed by atoms with Crippen LogP contribution in [0.2, 0.25) is 0 Å². The number of fused-ring (bicyclic) bond motifs is 2. The Balaban J connectivity index is 1.58. The maximum absolute atomic E-state index is 14.4. The largest absolute Gasteiger partial charge is 0.462 e. The first-order valence-electron chi connectivity index (χ1n) is 11.4. The number of nitrogens with two attached hydrogens (primary N) is 1. The van der Waals surface area contributed by atoms with E-state index in [4.69, 9.17) is 10.5 Å². The Morgan fingerprint density at radius 2 is 1.58 bits per heavy atom. The van der Waals surface area contributed by atoms with Gasteiger partial charge in [0.05, 0.1) is 5.92 Å². The molecular formula is C26H30N2O3. The summed E-state index contributed by atoms with van der Waals surface area (Å²) in [5, 5.41) is 0. The van der Waals surface area contributed by atoms with Crippen molar-refractivity contribution in [2.45, 2.75) is 44.8 Å². The van der Waals surface area contributed by atoms with E-state index in [0.29, 0.717) is 5.92 Å². The topological polar surface area (TPSA) is 72.6 Å². The van der Waals surface area contributed by atoms with Crippen molar-refractivity contribution in [3.8, 4) is 0 Å². The zero-order chi connectivity index (χ0) is 21.5. The monoisotopic (exact) mass is 418 g/mol. The Bertz CT molecular complexity index is 908. The fourth-order valence-corrected chi connectivity index (χ4v) is 6.36. The van der Waals surface area contributed by atoms with Crippen molar-refractivity contribution in [3.05, 3.63) is 60.7 Å². The lowest BCUT2D eigenvalue weighted by Crippen LogP contribution is -2.52. The Morgan fingerprint density at radius 3 is 2.19 bits per heavy atom. The first-order valence-corrected chi connectivity index (χ1v) is 11.4. The number of ether oxygens (including phenoxy) is 1. The lowest BCUT2D eigenvalue weighted by atomic mass is 9.56. The van der Waals surface area contributed by atoms with Crippen LogP contribution < -0.4 is 10.6 Å². The average Bonchev–Trinajstić information content (AvgIpc) is 3.06. The van der Waals surface area contributed by atoms with E-state index in [1.54, 1.807) is 0 Å². The molecule has 0 bridgehead atoms. The summed E-state index contributed by atoms with van der Waals surface area (Å²) >= 11 is 0. The van der Waals surface area contributed by atoms with E-state index in [1.807, 2.05) is 72.5 Å². The van der Waals surface area contributed by atoms with Crippen LogP contribution >= 0.6 is 0 Å². The molecule has 0 aromatic heterocycles. The van der Waals surface area contributed by atoms with Gasteiger partial charge in [-0.15, -0.1) is 0 Å². The molecule has 162 valence electrons. The molecule has 2 aromatic carbocycles. The van der Waals surface area contributed by atoms with E-state index in [1.165, 1.54) is 0 Å². The highest BCUT2D eigenvalue weighted by atomic mass is 16.6. The summed E-state index contributed by atoms with van der Waals surface area (Å²) in [7, 11) is 0. The Kier molecular flexibility index (Phi) is 5.30. The second-order valence-electron chi connectivity index (χ2n) is 9.43. The molecule has 5 heteroatoms. The minimum Gasteiger partial charge on any atom is -0.462 e. The van der Waals surface area contributed by atoms with Gasteiger partial charge >= 0.3 is 5.97 Å². The molecule has 1 aliphatic heterocycles. The molecule has 0 spiro atoms. The molecule has 0 radical (unpaired) electrons. The average molecular weight is 419 g/mol. The highest BCUT2D eigenvalue weighted by molar-refractivity contribution is 6.02. The zero-order valence-electron chi connectivity index (χ0n) is 17.9. The van der Waals surface area contributed by atoms with Crippen molar-refractivity contribution in [3.63, 3.8) is 0 Å². The summed E-state index contributed by atoms with van der Waals surface area (Å²) in [4.78, 5) is 28.9. The third-order valence-corrected chi connectivity index (χ3v) is 7.66. The SMILES string of the molecule is C[C@H]1OC(=O)[C@@H]2CC3C[C@@H](N)CC[C@H]3[C@H](C(=O)N(c3ccccc3)c3ccccc3)[C@H]12. The number of amides is 1. The molecule has 5 rings (SSSR count). The number of benzene rings is 2. The smallest absolute Gasteiger partial charge is 0.309 e. The van der Waals surface area contributed by atoms with E-state index in [-0.39, 0.29) is 47.7 Å². The summed E-state index contributed by atoms with van der Waals surface area (Å²) in [6.07, 6.45) is 3.31. The Hall–Kier alpha value is -2.66. The summed E-state index contributed by atoms with van der Waals surface area (Å²) in [6, 6.07) is 19.8. The van der Waals surface area contributed by atoms with Gasteiger partial charge in [-0.3, -0.25) is 14.5 Å². The number of anilines is 2. The predicted octanol–water partition coefficient (Wildman–Crippen LogP) is 4.29. The third kappa shape index (κ3) is 3.55. The van der Waals surface area contributed by atoms with Crippen LogP contribution in [0.3, 0.4) is 0 Å². The van der Waals surface area contributed by atoms with Gasteiger partial charge in [-0.1, -0.05) is 36.4 Å². The second kappa shape index (κ2) is 8.12. The molecule has 1 unspecified atom stereocenters. The number of hydrogen-bond acceptors (Lipinski definition) is 4. The van der Waals surface area contributed by atoms with Gasteiger partial charge in [0.25, 0.3) is 0 Å². The van der Waals surface area contributed by atoms with Crippen molar-refractivity contribution in [2.24, 2.45) is 35.3 Å². The number of esters is 1. The molecule has 31 heavy (non-hydrogen) atoms. The van der Waals surface area contributed by atoms with Gasteiger partial charge in [0.2, 0.25) is 5.91 Å². The Morgan fingerprint density at radius 1 is 0.968 bits per heavy atom. The number of carbonyl (C=O) groups excluding carboxylic acids is 2. The minimum absolute atomic E-state index is 0.0720. The van der Waals surface area contributed by atoms with E-state index in [0.717, 1.165) is 37.1 Å². The van der Waals surface area contributed by atoms with Crippen molar-refractivity contribution < 1.29 is 14.3 Å². The van der Waals surface area contributed by atoms with Crippen molar-refractivity contribution in [1.82, 2.24) is 0 Å². The van der Waals surface area contributed by atoms with Crippen LogP contribution in [0.4, 0.5) is 11.4 Å². The number of cyclic esters (lactones) is 1. The lowest BCUT2D eigenvalue weighted by Gasteiger charge is -2.48. The summed E-state index contributed by atoms with van der Waals surface area (Å²) in [6.45, 7) is 1.95. The number of hydrogen-bond donors (Lipinski definition) is 1. The second-order valence-corrected chi connectivity index (χ2v) is 9.43. The van der Waals surface area contributed by atoms with Crippen LogP contribution in [-0.4, -0.2) is 24.0 Å². The van der Waals surface area contributed by atoms with Crippen molar-refractivity contribution >= 4 is 23.3 Å². The summed E-state index contributed by atoms with van der Waals surface area (Å²) in [5.74, 6) is -0.0697. The fourth-order valence-electron chi connectivity index (χ4n) is 6.36. The number of nitrogens with zero attached hydrogens (tertiary/aromatic N) is 1. The predicted molar refractivity (Wildman–Crippen MR) is 119 cm³/mol. The van der Waals surface area contributed by atoms with Crippen LogP contribution in [0, 0.1) is 29.6 Å². The van der Waals surface area contributed by atoms with Gasteiger partial charge in [0.1, 0.15) is 6.10 Å². The summed E-state index contributed by atoms with van der Waals surface area (Å²) in [5.41, 5.74) is 7.99. The molecule has 7 atom stereocenters. The van der Waals surface area contributed by atoms with E-state index < -0.39 is 0 Å². The molecule has 3 fully saturated rings. The normalized spacial score (nSPS) is 34.4. The zero-order valence-corrected chi connectivity index (χ0v) is 17.9. The first-order chi connectivity index (χ1) is 15.0. The highest BCUT2D eigenvalue weighted by Gasteiger charge is 2.58. The van der Waals surface area contributed by atoms with Crippen molar-refractivity contribution in [2.75, 3.05) is 4.90 Å². The molecule has 1 amide bonds. The third-order valence-electron chi connectivity index (χ3n) is 7.66. The highest BCUT2D eigenvalue weighted by Crippen LogP contribution is 2.54. The first kappa shape index (κ1) is 20.3. The maximum Gasteiger partial charge on any atom is 0.309 e. The molecule has 5 nitrogen and oxygen atoms in total. The molecule has 2 aromatic rings. The quantitative estimate of drug-likeness (QED) is 0.755. The van der Waals surface area contributed by atoms with Crippen LogP contribution in [0.1, 0.15) is 32.6 Å². The van der Waals surface area contributed by atoms with Crippen LogP contribution in [0.15, 0.2) is 60.7 Å². The molecule has 2 N–H and O–H groups in total. The van der Waals surface area contributed by atoms with Gasteiger partial charge < -0.3 is 10.5 Å². The van der Waals surface area contributed by atoms with Gasteiger partial charge in [0.15, 0.2) is 0 Å². The van der Waals surface area contributed by atoms with E-state index >= 15 is 0 Å². The van der Waals surface area contributed by atoms with Gasteiger partial charge in [-0.05, 0) is 68.7 Å². The lowest BCUT2D eigenvalue weighted by molar-refractivity contribution is -0.144. The molecule has 2 saturated carbocycles. The van der Waals surface area contributed by atoms with E-state index in [2.05, 4.69) is 0 Å². The number of carbonyl (C=O) groups is 2. The minimum atomic E-state index is -0.252. The molecule has 1 saturated heterocycles. The number of para-hydroxylation sites is 2. The Labute approximate surface area is 183 Å². The molecule has 3 aliphatic rings.